The molecule has 1 saturated heterocycles. The second-order valence-electron chi connectivity index (χ2n) is 4.10. The van der Waals surface area contributed by atoms with Crippen molar-refractivity contribution < 1.29 is 4.79 Å². The summed E-state index contributed by atoms with van der Waals surface area (Å²) in [6.07, 6.45) is 7.67. The van der Waals surface area contributed by atoms with Crippen molar-refractivity contribution >= 4 is 27.4 Å². The van der Waals surface area contributed by atoms with Gasteiger partial charge in [-0.1, -0.05) is 15.9 Å². The third kappa shape index (κ3) is 1.82. The van der Waals surface area contributed by atoms with Crippen molar-refractivity contribution in [1.29, 1.82) is 0 Å². The highest BCUT2D eigenvalue weighted by atomic mass is 79.9. The van der Waals surface area contributed by atoms with Gasteiger partial charge in [0.2, 0.25) is 0 Å². The molecular weight excluding hydrogens is 284 g/mol. The first-order valence-electron chi connectivity index (χ1n) is 5.46. The molecule has 3 rings (SSSR count). The van der Waals surface area contributed by atoms with E-state index in [0.29, 0.717) is 10.4 Å². The SMILES string of the molecule is O=C(c1cnn2ccncc12)N1CCC(Br)C1. The molecule has 0 spiro atoms. The number of rotatable bonds is 1. The second kappa shape index (κ2) is 4.10. The van der Waals surface area contributed by atoms with Gasteiger partial charge >= 0.3 is 0 Å². The predicted molar refractivity (Wildman–Crippen MR) is 66.2 cm³/mol. The van der Waals surface area contributed by atoms with Gasteiger partial charge in [0, 0.05) is 30.3 Å². The Balaban J connectivity index is 1.96. The van der Waals surface area contributed by atoms with Gasteiger partial charge in [0.1, 0.15) is 0 Å². The number of nitrogens with zero attached hydrogens (tertiary/aromatic N) is 4. The van der Waals surface area contributed by atoms with E-state index in [1.54, 1.807) is 29.3 Å². The second-order valence-corrected chi connectivity index (χ2v) is 5.40. The maximum atomic E-state index is 12.3. The summed E-state index contributed by atoms with van der Waals surface area (Å²) in [5.74, 6) is 0.0370. The van der Waals surface area contributed by atoms with Crippen molar-refractivity contribution in [2.45, 2.75) is 11.2 Å². The zero-order chi connectivity index (χ0) is 11.8. The number of alkyl halides is 1. The number of likely N-dealkylation sites (tertiary alicyclic amines) is 1. The zero-order valence-electron chi connectivity index (χ0n) is 9.08. The van der Waals surface area contributed by atoms with Crippen LogP contribution in [0, 0.1) is 0 Å². The van der Waals surface area contributed by atoms with Crippen molar-refractivity contribution in [2.24, 2.45) is 0 Å². The van der Waals surface area contributed by atoms with E-state index in [1.165, 1.54) is 0 Å². The van der Waals surface area contributed by atoms with Crippen LogP contribution in [0.5, 0.6) is 0 Å². The van der Waals surface area contributed by atoms with E-state index in [0.717, 1.165) is 25.0 Å². The Morgan fingerprint density at radius 3 is 3.12 bits per heavy atom. The van der Waals surface area contributed by atoms with Gasteiger partial charge in [-0.25, -0.2) is 4.52 Å². The molecule has 1 unspecified atom stereocenters. The number of hydrogen-bond acceptors (Lipinski definition) is 3. The number of carbonyl (C=O) groups is 1. The fraction of sp³-hybridized carbons (Fsp3) is 0.364. The van der Waals surface area contributed by atoms with Crippen LogP contribution in [-0.4, -0.2) is 43.3 Å². The molecule has 1 fully saturated rings. The average molecular weight is 295 g/mol. The number of aromatic nitrogens is 3. The molecule has 0 aliphatic carbocycles. The summed E-state index contributed by atoms with van der Waals surface area (Å²) in [5, 5.41) is 4.15. The van der Waals surface area contributed by atoms with Gasteiger partial charge in [-0.2, -0.15) is 5.10 Å². The quantitative estimate of drug-likeness (QED) is 0.746. The molecule has 1 aliphatic rings. The van der Waals surface area contributed by atoms with Crippen LogP contribution < -0.4 is 0 Å². The number of halogens is 1. The van der Waals surface area contributed by atoms with Gasteiger partial charge < -0.3 is 4.90 Å². The van der Waals surface area contributed by atoms with E-state index in [9.17, 15) is 4.79 Å². The minimum absolute atomic E-state index is 0.0370. The van der Waals surface area contributed by atoms with Gasteiger partial charge in [0.15, 0.2) is 0 Å². The number of hydrogen-bond donors (Lipinski definition) is 0. The standard InChI is InChI=1S/C11H11BrN4O/c12-8-1-3-15(7-8)11(17)9-5-14-16-4-2-13-6-10(9)16/h2,4-6,8H,1,3,7H2. The molecule has 1 aliphatic heterocycles. The molecule has 5 nitrogen and oxygen atoms in total. The Morgan fingerprint density at radius 1 is 1.47 bits per heavy atom. The molecule has 0 aromatic carbocycles. The van der Waals surface area contributed by atoms with Gasteiger partial charge in [-0.3, -0.25) is 9.78 Å². The summed E-state index contributed by atoms with van der Waals surface area (Å²) in [6, 6.07) is 0. The normalized spacial score (nSPS) is 20.1. The lowest BCUT2D eigenvalue weighted by Crippen LogP contribution is -2.28. The largest absolute Gasteiger partial charge is 0.337 e. The van der Waals surface area contributed by atoms with Crippen LogP contribution in [0.2, 0.25) is 0 Å². The molecule has 2 aromatic rings. The van der Waals surface area contributed by atoms with E-state index >= 15 is 0 Å². The van der Waals surface area contributed by atoms with Crippen LogP contribution in [0.15, 0.2) is 24.8 Å². The summed E-state index contributed by atoms with van der Waals surface area (Å²) in [4.78, 5) is 18.6. The fourth-order valence-electron chi connectivity index (χ4n) is 2.07. The molecule has 17 heavy (non-hydrogen) atoms. The summed E-state index contributed by atoms with van der Waals surface area (Å²) in [7, 11) is 0. The third-order valence-electron chi connectivity index (χ3n) is 2.97. The molecule has 2 aromatic heterocycles. The first kappa shape index (κ1) is 10.7. The molecule has 88 valence electrons. The van der Waals surface area contributed by atoms with Crippen LogP contribution in [0.25, 0.3) is 5.52 Å². The lowest BCUT2D eigenvalue weighted by Gasteiger charge is -2.14. The Bertz CT molecular complexity index is 567. The van der Waals surface area contributed by atoms with E-state index in [2.05, 4.69) is 26.0 Å². The van der Waals surface area contributed by atoms with Crippen molar-refractivity contribution in [3.63, 3.8) is 0 Å². The Labute approximate surface area is 107 Å². The lowest BCUT2D eigenvalue weighted by atomic mass is 10.2. The van der Waals surface area contributed by atoms with E-state index in [1.807, 2.05) is 4.90 Å². The first-order valence-corrected chi connectivity index (χ1v) is 6.38. The number of carbonyl (C=O) groups excluding carboxylic acids is 1. The highest BCUT2D eigenvalue weighted by molar-refractivity contribution is 9.09. The van der Waals surface area contributed by atoms with E-state index < -0.39 is 0 Å². The van der Waals surface area contributed by atoms with Crippen molar-refractivity contribution in [3.05, 3.63) is 30.4 Å². The van der Waals surface area contributed by atoms with E-state index in [4.69, 9.17) is 0 Å². The highest BCUT2D eigenvalue weighted by Crippen LogP contribution is 2.20. The Kier molecular flexibility index (Phi) is 2.58. The van der Waals surface area contributed by atoms with Crippen LogP contribution in [-0.2, 0) is 0 Å². The molecule has 1 amide bonds. The third-order valence-corrected chi connectivity index (χ3v) is 3.72. The minimum Gasteiger partial charge on any atom is -0.337 e. The molecule has 1 atom stereocenters. The first-order chi connectivity index (χ1) is 8.25. The van der Waals surface area contributed by atoms with Crippen LogP contribution in [0.1, 0.15) is 16.8 Å². The van der Waals surface area contributed by atoms with Gasteiger partial charge in [-0.05, 0) is 6.42 Å². The highest BCUT2D eigenvalue weighted by Gasteiger charge is 2.26. The molecule has 6 heteroatoms. The maximum absolute atomic E-state index is 12.3. The minimum atomic E-state index is 0.0370. The summed E-state index contributed by atoms with van der Waals surface area (Å²) in [6.45, 7) is 1.56. The van der Waals surface area contributed by atoms with E-state index in [-0.39, 0.29) is 5.91 Å². The number of amides is 1. The van der Waals surface area contributed by atoms with Gasteiger partial charge in [0.25, 0.3) is 5.91 Å². The summed E-state index contributed by atoms with van der Waals surface area (Å²) in [5.41, 5.74) is 1.38. The van der Waals surface area contributed by atoms with Gasteiger partial charge in [-0.15, -0.1) is 0 Å². The molecule has 3 heterocycles. The average Bonchev–Trinajstić information content (AvgIpc) is 2.94. The van der Waals surface area contributed by atoms with Crippen molar-refractivity contribution in [2.75, 3.05) is 13.1 Å². The topological polar surface area (TPSA) is 50.5 Å². The van der Waals surface area contributed by atoms with Crippen LogP contribution in [0.4, 0.5) is 0 Å². The Morgan fingerprint density at radius 2 is 2.35 bits per heavy atom. The molecular formula is C11H11BrN4O. The number of fused-ring (bicyclic) bond motifs is 1. The molecule has 0 N–H and O–H groups in total. The Hall–Kier alpha value is -1.43. The van der Waals surface area contributed by atoms with Crippen LogP contribution >= 0.6 is 15.9 Å². The van der Waals surface area contributed by atoms with Gasteiger partial charge in [0.05, 0.1) is 23.5 Å². The lowest BCUT2D eigenvalue weighted by molar-refractivity contribution is 0.0795. The van der Waals surface area contributed by atoms with Crippen molar-refractivity contribution in [1.82, 2.24) is 19.5 Å². The maximum Gasteiger partial charge on any atom is 0.257 e. The molecule has 0 saturated carbocycles. The molecule has 0 bridgehead atoms. The zero-order valence-corrected chi connectivity index (χ0v) is 10.7. The van der Waals surface area contributed by atoms with Crippen LogP contribution in [0.3, 0.4) is 0 Å². The fourth-order valence-corrected chi connectivity index (χ4v) is 2.63. The summed E-state index contributed by atoms with van der Waals surface area (Å²) < 4.78 is 1.67. The van der Waals surface area contributed by atoms with Crippen molar-refractivity contribution in [3.8, 4) is 0 Å². The molecule has 0 radical (unpaired) electrons. The summed E-state index contributed by atoms with van der Waals surface area (Å²) >= 11 is 3.53. The monoisotopic (exact) mass is 294 g/mol. The predicted octanol–water partition coefficient (Wildman–Crippen LogP) is 1.34. The smallest absolute Gasteiger partial charge is 0.257 e.